The van der Waals surface area contributed by atoms with Crippen molar-refractivity contribution < 1.29 is 4.42 Å². The number of fused-ring (bicyclic) bond motifs is 4. The fraction of sp³-hybridized carbons (Fsp3) is 0. The van der Waals surface area contributed by atoms with E-state index in [1.54, 1.807) is 0 Å². The minimum absolute atomic E-state index is 0.911. The van der Waals surface area contributed by atoms with Crippen LogP contribution in [0.25, 0.3) is 98.1 Å². The molecule has 3 nitrogen and oxygen atoms in total. The summed E-state index contributed by atoms with van der Waals surface area (Å²) in [5.74, 6) is 0. The monoisotopic (exact) mass is 572 g/mol. The molecule has 0 fully saturated rings. The molecule has 0 saturated carbocycles. The molecule has 3 heteroatoms. The molecule has 0 atom stereocenters. The van der Waals surface area contributed by atoms with Crippen LogP contribution >= 0.6 is 0 Å². The highest BCUT2D eigenvalue weighted by atomic mass is 16.3. The Morgan fingerprint density at radius 1 is 0.333 bits per heavy atom. The normalized spacial score (nSPS) is 12.4. The standard InChI is InChI=1S/C42H24N2O/c1-3-7-37-31(5-1)33-19-20-34-32-6-2-4-8-38(32)44-30-17-11-26(12-18-30)28-14-22-40-36(24-28)35-23-27(13-21-39(35)45-40)25-9-15-29(16-10-25)43(37)41(33)42(34)44/h1-24H. The molecular weight excluding hydrogens is 548 g/mol. The third-order valence-electron chi connectivity index (χ3n) is 9.86. The summed E-state index contributed by atoms with van der Waals surface area (Å²) in [5, 5.41) is 12.0. The van der Waals surface area contributed by atoms with Gasteiger partial charge in [0.2, 0.25) is 0 Å². The molecule has 0 aliphatic heterocycles. The maximum Gasteiger partial charge on any atom is 0.135 e. The zero-order chi connectivity index (χ0) is 29.2. The van der Waals surface area contributed by atoms with Crippen LogP contribution in [0.1, 0.15) is 0 Å². The van der Waals surface area contributed by atoms with Gasteiger partial charge in [0.1, 0.15) is 11.2 Å². The fourth-order valence-corrected chi connectivity index (χ4v) is 7.78. The van der Waals surface area contributed by atoms with Crippen LogP contribution in [0.3, 0.4) is 0 Å². The molecule has 208 valence electrons. The molecule has 0 radical (unpaired) electrons. The van der Waals surface area contributed by atoms with Crippen molar-refractivity contribution in [2.24, 2.45) is 0 Å². The molecule has 0 amide bonds. The Kier molecular flexibility index (Phi) is 4.32. The minimum atomic E-state index is 0.911. The van der Waals surface area contributed by atoms with Crippen molar-refractivity contribution in [2.45, 2.75) is 0 Å². The summed E-state index contributed by atoms with van der Waals surface area (Å²) >= 11 is 0. The first kappa shape index (κ1) is 23.4. The predicted octanol–water partition coefficient (Wildman–Crippen LogP) is 11.6. The van der Waals surface area contributed by atoms with Crippen LogP contribution in [0.15, 0.2) is 150 Å². The minimum Gasteiger partial charge on any atom is -0.456 e. The summed E-state index contributed by atoms with van der Waals surface area (Å²) in [5.41, 5.74) is 8.96. The van der Waals surface area contributed by atoms with Crippen molar-refractivity contribution >= 4 is 98.1 Å². The molecule has 0 unspecified atom stereocenters. The van der Waals surface area contributed by atoms with Gasteiger partial charge in [0, 0.05) is 43.4 Å². The molecule has 0 aliphatic rings. The number of aromatic nitrogens is 2. The molecule has 0 N–H and O–H groups in total. The van der Waals surface area contributed by atoms with Crippen molar-refractivity contribution in [3.05, 3.63) is 146 Å². The first-order valence-corrected chi connectivity index (χ1v) is 15.4. The average molecular weight is 573 g/mol. The second-order valence-electron chi connectivity index (χ2n) is 12.2. The molecule has 0 spiro atoms. The van der Waals surface area contributed by atoms with Crippen LogP contribution in [0.2, 0.25) is 0 Å². The Balaban J connectivity index is 1.46. The first-order valence-electron chi connectivity index (χ1n) is 15.4. The van der Waals surface area contributed by atoms with E-state index in [1.807, 2.05) is 0 Å². The van der Waals surface area contributed by atoms with Gasteiger partial charge >= 0.3 is 0 Å². The van der Waals surface area contributed by atoms with E-state index in [4.69, 9.17) is 4.42 Å². The van der Waals surface area contributed by atoms with Gasteiger partial charge in [0.05, 0.1) is 22.1 Å². The van der Waals surface area contributed by atoms with E-state index in [0.717, 1.165) is 33.0 Å². The van der Waals surface area contributed by atoms with E-state index >= 15 is 0 Å². The SMILES string of the molecule is c1ccc2c(c1)c1ccc3c4ccccc4n4c5ccc(cc5)c5ccc6oc7ccc(cc7c6c5)c5ccc(cc5)n2c1c34. The maximum atomic E-state index is 6.27. The Bertz CT molecular complexity index is 2850. The van der Waals surface area contributed by atoms with Crippen LogP contribution < -0.4 is 0 Å². The van der Waals surface area contributed by atoms with Gasteiger partial charge in [-0.1, -0.05) is 84.9 Å². The quantitative estimate of drug-likeness (QED) is 0.177. The average Bonchev–Trinajstić information content (AvgIpc) is 3.75. The van der Waals surface area contributed by atoms with Crippen LogP contribution in [0.4, 0.5) is 0 Å². The van der Waals surface area contributed by atoms with E-state index in [1.165, 1.54) is 65.2 Å². The summed E-state index contributed by atoms with van der Waals surface area (Å²) in [7, 11) is 0. The Hall–Kier alpha value is -6.06. The Labute approximate surface area is 256 Å². The van der Waals surface area contributed by atoms with Crippen molar-refractivity contribution in [2.75, 3.05) is 0 Å². The van der Waals surface area contributed by atoms with Gasteiger partial charge in [0.25, 0.3) is 0 Å². The van der Waals surface area contributed by atoms with Gasteiger partial charge in [-0.05, 0) is 82.2 Å². The number of benzene rings is 7. The van der Waals surface area contributed by atoms with E-state index < -0.39 is 0 Å². The summed E-state index contributed by atoms with van der Waals surface area (Å²) in [4.78, 5) is 0. The van der Waals surface area contributed by atoms with Crippen LogP contribution in [0.5, 0.6) is 0 Å². The number of furan rings is 1. The van der Waals surface area contributed by atoms with E-state index in [0.29, 0.717) is 0 Å². The first-order chi connectivity index (χ1) is 22.3. The zero-order valence-corrected chi connectivity index (χ0v) is 24.2. The number of hydrogen-bond donors (Lipinski definition) is 0. The number of rotatable bonds is 0. The maximum absolute atomic E-state index is 6.27. The molecule has 45 heavy (non-hydrogen) atoms. The molecule has 0 aliphatic carbocycles. The summed E-state index contributed by atoms with van der Waals surface area (Å²) < 4.78 is 11.2. The highest BCUT2D eigenvalue weighted by molar-refractivity contribution is 6.23. The van der Waals surface area contributed by atoms with Gasteiger partial charge in [-0.2, -0.15) is 0 Å². The van der Waals surface area contributed by atoms with Crippen molar-refractivity contribution in [1.82, 2.24) is 8.80 Å². The lowest BCUT2D eigenvalue weighted by Crippen LogP contribution is -1.89. The second kappa shape index (κ2) is 8.31. The van der Waals surface area contributed by atoms with Crippen LogP contribution in [-0.2, 0) is 0 Å². The molecule has 14 aromatic rings. The lowest BCUT2D eigenvalue weighted by Gasteiger charge is -2.05. The fourth-order valence-electron chi connectivity index (χ4n) is 7.78. The van der Waals surface area contributed by atoms with Crippen LogP contribution in [-0.4, -0.2) is 8.80 Å². The third kappa shape index (κ3) is 3.04. The highest BCUT2D eigenvalue weighted by Crippen LogP contribution is 2.39. The molecular formula is C42H24N2O. The van der Waals surface area contributed by atoms with E-state index in [2.05, 4.69) is 154 Å². The van der Waals surface area contributed by atoms with Crippen molar-refractivity contribution in [1.29, 1.82) is 0 Å². The lowest BCUT2D eigenvalue weighted by molar-refractivity contribution is 0.669. The topological polar surface area (TPSA) is 22.0 Å². The molecule has 8 bridgehead atoms. The second-order valence-corrected chi connectivity index (χ2v) is 12.2. The Morgan fingerprint density at radius 2 is 0.756 bits per heavy atom. The summed E-state index contributed by atoms with van der Waals surface area (Å²) in [6.45, 7) is 0. The van der Waals surface area contributed by atoms with Gasteiger partial charge in [-0.15, -0.1) is 0 Å². The molecule has 7 aromatic carbocycles. The van der Waals surface area contributed by atoms with Gasteiger partial charge < -0.3 is 13.2 Å². The smallest absolute Gasteiger partial charge is 0.135 e. The number of nitrogens with zero attached hydrogens (tertiary/aromatic N) is 2. The number of para-hydroxylation sites is 2. The number of hydrogen-bond acceptors (Lipinski definition) is 1. The highest BCUT2D eigenvalue weighted by Gasteiger charge is 2.17. The van der Waals surface area contributed by atoms with Gasteiger partial charge in [-0.25, -0.2) is 0 Å². The summed E-state index contributed by atoms with van der Waals surface area (Å²) in [6, 6.07) is 53.3. The van der Waals surface area contributed by atoms with Crippen LogP contribution in [0, 0.1) is 0 Å². The van der Waals surface area contributed by atoms with Gasteiger partial charge in [-0.3, -0.25) is 0 Å². The molecule has 7 aromatic heterocycles. The zero-order valence-electron chi connectivity index (χ0n) is 24.2. The largest absolute Gasteiger partial charge is 0.456 e. The van der Waals surface area contributed by atoms with Gasteiger partial charge in [0.15, 0.2) is 0 Å². The van der Waals surface area contributed by atoms with E-state index in [9.17, 15) is 0 Å². The predicted molar refractivity (Wildman–Crippen MR) is 189 cm³/mol. The molecule has 7 heterocycles. The molecule has 14 rings (SSSR count). The Morgan fingerprint density at radius 3 is 1.22 bits per heavy atom. The van der Waals surface area contributed by atoms with Crippen molar-refractivity contribution in [3.63, 3.8) is 0 Å². The molecule has 0 saturated heterocycles. The third-order valence-corrected chi connectivity index (χ3v) is 9.86. The summed E-state index contributed by atoms with van der Waals surface area (Å²) in [6.07, 6.45) is 0. The van der Waals surface area contributed by atoms with E-state index in [-0.39, 0.29) is 0 Å². The van der Waals surface area contributed by atoms with Crippen molar-refractivity contribution in [3.8, 4) is 0 Å². The lowest BCUT2D eigenvalue weighted by atomic mass is 10.1.